The minimum atomic E-state index is -0.0396. The van der Waals surface area contributed by atoms with Gasteiger partial charge in [0.15, 0.2) is 17.5 Å². The molecule has 27 heavy (non-hydrogen) atoms. The molecule has 1 heterocycles. The van der Waals surface area contributed by atoms with Crippen LogP contribution in [0.5, 0.6) is 11.5 Å². The predicted molar refractivity (Wildman–Crippen MR) is 110 cm³/mol. The number of nitrogens with one attached hydrogen (secondary N) is 2. The molecule has 3 rings (SSSR count). The molecule has 1 saturated heterocycles. The molecule has 6 nitrogen and oxygen atoms in total. The Hall–Kier alpha value is -1.95. The first kappa shape index (κ1) is 19.8. The highest BCUT2D eigenvalue weighted by atomic mass is 16.5. The maximum atomic E-state index is 6.01. The van der Waals surface area contributed by atoms with Gasteiger partial charge in [0.1, 0.15) is 6.10 Å². The van der Waals surface area contributed by atoms with Gasteiger partial charge >= 0.3 is 0 Å². The van der Waals surface area contributed by atoms with Crippen molar-refractivity contribution >= 4 is 5.96 Å². The third-order valence-corrected chi connectivity index (χ3v) is 5.23. The van der Waals surface area contributed by atoms with Crippen LogP contribution in [0.15, 0.2) is 29.3 Å². The van der Waals surface area contributed by atoms with Crippen molar-refractivity contribution in [2.75, 3.05) is 26.7 Å². The molecule has 1 saturated carbocycles. The molecule has 3 atom stereocenters. The van der Waals surface area contributed by atoms with E-state index in [4.69, 9.17) is 14.5 Å². The molecule has 2 aliphatic rings. The lowest BCUT2D eigenvalue weighted by molar-refractivity contribution is 0.219. The van der Waals surface area contributed by atoms with E-state index in [0.717, 1.165) is 36.6 Å². The maximum Gasteiger partial charge on any atom is 0.191 e. The fourth-order valence-electron chi connectivity index (χ4n) is 3.78. The van der Waals surface area contributed by atoms with Crippen LogP contribution < -0.4 is 20.1 Å². The van der Waals surface area contributed by atoms with Crippen LogP contribution >= 0.6 is 0 Å². The number of ether oxygens (including phenoxy) is 2. The van der Waals surface area contributed by atoms with E-state index in [1.807, 2.05) is 31.2 Å². The summed E-state index contributed by atoms with van der Waals surface area (Å²) in [6.07, 6.45) is 3.86. The Bertz CT molecular complexity index is 632. The van der Waals surface area contributed by atoms with Gasteiger partial charge in [0, 0.05) is 31.2 Å². The van der Waals surface area contributed by atoms with Crippen LogP contribution in [0.3, 0.4) is 0 Å². The van der Waals surface area contributed by atoms with Gasteiger partial charge in [-0.15, -0.1) is 0 Å². The van der Waals surface area contributed by atoms with Crippen LogP contribution in [-0.2, 0) is 0 Å². The molecule has 0 aromatic heterocycles. The first-order chi connectivity index (χ1) is 13.1. The van der Waals surface area contributed by atoms with Gasteiger partial charge in [-0.1, -0.05) is 12.1 Å². The zero-order valence-electron chi connectivity index (χ0n) is 17.1. The van der Waals surface area contributed by atoms with Gasteiger partial charge in [-0.2, -0.15) is 0 Å². The second-order valence-corrected chi connectivity index (χ2v) is 7.65. The molecule has 2 N–H and O–H groups in total. The third kappa shape index (κ3) is 5.51. The number of guanidine groups is 1. The van der Waals surface area contributed by atoms with Crippen molar-refractivity contribution in [3.8, 4) is 11.5 Å². The number of methoxy groups -OCH3 is 1. The lowest BCUT2D eigenvalue weighted by Crippen LogP contribution is -2.45. The third-order valence-electron chi connectivity index (χ3n) is 5.23. The topological polar surface area (TPSA) is 58.1 Å². The number of benzene rings is 1. The second-order valence-electron chi connectivity index (χ2n) is 7.65. The van der Waals surface area contributed by atoms with Crippen molar-refractivity contribution in [1.82, 2.24) is 15.5 Å². The zero-order chi connectivity index (χ0) is 19.2. The Morgan fingerprint density at radius 3 is 2.70 bits per heavy atom. The molecule has 1 aliphatic carbocycles. The average Bonchev–Trinajstić information content (AvgIpc) is 3.43. The second kappa shape index (κ2) is 9.31. The fourth-order valence-corrected chi connectivity index (χ4v) is 3.78. The summed E-state index contributed by atoms with van der Waals surface area (Å²) in [5.74, 6) is 2.38. The van der Waals surface area contributed by atoms with Crippen molar-refractivity contribution < 1.29 is 9.47 Å². The van der Waals surface area contributed by atoms with Gasteiger partial charge in [0.25, 0.3) is 0 Å². The number of likely N-dealkylation sites (tertiary alicyclic amines) is 1. The Morgan fingerprint density at radius 2 is 2.04 bits per heavy atom. The van der Waals surface area contributed by atoms with Crippen LogP contribution in [0.1, 0.15) is 40.0 Å². The summed E-state index contributed by atoms with van der Waals surface area (Å²) in [7, 11) is 1.66. The zero-order valence-corrected chi connectivity index (χ0v) is 17.1. The minimum Gasteiger partial charge on any atom is -0.493 e. The molecule has 150 valence electrons. The summed E-state index contributed by atoms with van der Waals surface area (Å²) in [6.45, 7) is 9.02. The van der Waals surface area contributed by atoms with E-state index in [-0.39, 0.29) is 6.10 Å². The summed E-state index contributed by atoms with van der Waals surface area (Å²) in [5.41, 5.74) is 0. The van der Waals surface area contributed by atoms with E-state index in [1.165, 1.54) is 19.3 Å². The molecular weight excluding hydrogens is 340 g/mol. The normalized spacial score (nSPS) is 24.5. The summed E-state index contributed by atoms with van der Waals surface area (Å²) in [4.78, 5) is 7.40. The van der Waals surface area contributed by atoms with Crippen molar-refractivity contribution in [2.24, 2.45) is 4.99 Å². The van der Waals surface area contributed by atoms with Gasteiger partial charge in [0.2, 0.25) is 0 Å². The van der Waals surface area contributed by atoms with E-state index >= 15 is 0 Å². The highest BCUT2D eigenvalue weighted by Crippen LogP contribution is 2.33. The van der Waals surface area contributed by atoms with Gasteiger partial charge in [-0.3, -0.25) is 4.90 Å². The van der Waals surface area contributed by atoms with Crippen LogP contribution in [0.2, 0.25) is 0 Å². The molecule has 0 bridgehead atoms. The summed E-state index contributed by atoms with van der Waals surface area (Å²) in [6, 6.07) is 9.66. The minimum absolute atomic E-state index is 0.0396. The molecule has 6 heteroatoms. The number of hydrogen-bond acceptors (Lipinski definition) is 4. The largest absolute Gasteiger partial charge is 0.493 e. The van der Waals surface area contributed by atoms with E-state index in [2.05, 4.69) is 29.4 Å². The lowest BCUT2D eigenvalue weighted by atomic mass is 10.2. The van der Waals surface area contributed by atoms with Crippen LogP contribution in [0.25, 0.3) is 0 Å². The molecule has 0 spiro atoms. The van der Waals surface area contributed by atoms with Gasteiger partial charge in [-0.05, 0) is 52.2 Å². The van der Waals surface area contributed by atoms with E-state index < -0.39 is 0 Å². The number of para-hydroxylation sites is 2. The number of aliphatic imine (C=N–C) groups is 1. The van der Waals surface area contributed by atoms with E-state index in [0.29, 0.717) is 18.6 Å². The number of nitrogens with zero attached hydrogens (tertiary/aromatic N) is 2. The van der Waals surface area contributed by atoms with Crippen LogP contribution in [0, 0.1) is 0 Å². The molecule has 1 aliphatic heterocycles. The monoisotopic (exact) mass is 374 g/mol. The Kier molecular flexibility index (Phi) is 6.83. The smallest absolute Gasteiger partial charge is 0.191 e. The van der Waals surface area contributed by atoms with E-state index in [1.54, 1.807) is 7.11 Å². The fraction of sp³-hybridized carbons (Fsp3) is 0.667. The maximum absolute atomic E-state index is 6.01. The quantitative estimate of drug-likeness (QED) is 0.541. The Labute approximate surface area is 163 Å². The Morgan fingerprint density at radius 1 is 1.30 bits per heavy atom. The molecule has 3 unspecified atom stereocenters. The molecule has 1 aromatic carbocycles. The van der Waals surface area contributed by atoms with Crippen LogP contribution in [0.4, 0.5) is 0 Å². The molecule has 0 amide bonds. The molecule has 2 fully saturated rings. The summed E-state index contributed by atoms with van der Waals surface area (Å²) in [5, 5.41) is 6.98. The molecule has 0 radical (unpaired) electrons. The highest BCUT2D eigenvalue weighted by molar-refractivity contribution is 5.80. The standard InChI is InChI=1S/C21H34N4O2/c1-5-22-21(24-17-12-15(2)25(14-17)18-10-11-18)23-13-16(3)27-20-9-7-6-8-19(20)26-4/h6-9,15-18H,5,10-14H2,1-4H3,(H2,22,23,24). The highest BCUT2D eigenvalue weighted by Gasteiger charge is 2.38. The number of rotatable bonds is 8. The average molecular weight is 375 g/mol. The van der Waals surface area contributed by atoms with Gasteiger partial charge < -0.3 is 20.1 Å². The lowest BCUT2D eigenvalue weighted by Gasteiger charge is -2.20. The first-order valence-electron chi connectivity index (χ1n) is 10.2. The first-order valence-corrected chi connectivity index (χ1v) is 10.2. The van der Waals surface area contributed by atoms with Crippen molar-refractivity contribution in [3.63, 3.8) is 0 Å². The predicted octanol–water partition coefficient (Wildman–Crippen LogP) is 2.64. The SMILES string of the molecule is CCNC(=NCC(C)Oc1ccccc1OC)NC1CC(C)N(C2CC2)C1. The van der Waals surface area contributed by atoms with E-state index in [9.17, 15) is 0 Å². The van der Waals surface area contributed by atoms with Crippen molar-refractivity contribution in [2.45, 2.75) is 64.3 Å². The van der Waals surface area contributed by atoms with Gasteiger partial charge in [-0.25, -0.2) is 4.99 Å². The molecule has 1 aromatic rings. The summed E-state index contributed by atoms with van der Waals surface area (Å²) >= 11 is 0. The van der Waals surface area contributed by atoms with Crippen LogP contribution in [-0.4, -0.2) is 61.8 Å². The molecular formula is C21H34N4O2. The van der Waals surface area contributed by atoms with Crippen molar-refractivity contribution in [1.29, 1.82) is 0 Å². The number of hydrogen-bond donors (Lipinski definition) is 2. The Balaban J connectivity index is 1.53. The van der Waals surface area contributed by atoms with Gasteiger partial charge in [0.05, 0.1) is 13.7 Å². The van der Waals surface area contributed by atoms with Crippen molar-refractivity contribution in [3.05, 3.63) is 24.3 Å². The summed E-state index contributed by atoms with van der Waals surface area (Å²) < 4.78 is 11.4.